The average molecular weight is 528 g/mol. The Labute approximate surface area is 212 Å². The Morgan fingerprint density at radius 1 is 0.946 bits per heavy atom. The highest BCUT2D eigenvalue weighted by Gasteiger charge is 2.66. The van der Waals surface area contributed by atoms with Crippen LogP contribution in [0.1, 0.15) is 67.5 Å². The Morgan fingerprint density at radius 2 is 1.62 bits per heavy atom. The van der Waals surface area contributed by atoms with E-state index in [0.29, 0.717) is 12.0 Å². The lowest BCUT2D eigenvalue weighted by molar-refractivity contribution is -0.391. The second kappa shape index (κ2) is 12.2. The molecule has 0 fully saturated rings. The molecule has 0 saturated heterocycles. The van der Waals surface area contributed by atoms with Gasteiger partial charge in [-0.1, -0.05) is 38.3 Å². The van der Waals surface area contributed by atoms with E-state index in [1.807, 2.05) is 0 Å². The Kier molecular flexibility index (Phi) is 9.23. The molecule has 1 unspecified atom stereocenters. The van der Waals surface area contributed by atoms with Gasteiger partial charge in [0.15, 0.2) is 11.5 Å². The zero-order chi connectivity index (χ0) is 27.1. The van der Waals surface area contributed by atoms with E-state index in [4.69, 9.17) is 4.74 Å². The van der Waals surface area contributed by atoms with Crippen molar-refractivity contribution in [2.45, 2.75) is 63.8 Å². The van der Waals surface area contributed by atoms with Crippen LogP contribution >= 0.6 is 0 Å². The van der Waals surface area contributed by atoms with Gasteiger partial charge in [-0.3, -0.25) is 9.59 Å². The molecular weight excluding hydrogens is 498 g/mol. The lowest BCUT2D eigenvalue weighted by Crippen LogP contribution is -2.52. The number of hydrogen-bond acceptors (Lipinski definition) is 6. The Bertz CT molecular complexity index is 1080. The summed E-state index contributed by atoms with van der Waals surface area (Å²) in [6, 6.07) is 10.2. The number of fused-ring (bicyclic) bond motifs is 1. The maximum absolute atomic E-state index is 13.6. The highest BCUT2D eigenvalue weighted by molar-refractivity contribution is 5.94. The van der Waals surface area contributed by atoms with Crippen LogP contribution < -0.4 is 19.5 Å². The number of alkyl halides is 4. The average Bonchev–Trinajstić information content (AvgIpc) is 2.86. The summed E-state index contributed by atoms with van der Waals surface area (Å²) in [7, 11) is 1.27. The fraction of sp³-hybridized carbons (Fsp3) is 0.462. The Hall–Kier alpha value is -3.50. The van der Waals surface area contributed by atoms with Crippen molar-refractivity contribution in [2.75, 3.05) is 13.7 Å². The molecule has 1 N–H and O–H groups in total. The number of carbonyl (C=O) groups excluding carboxylic acids is 2. The van der Waals surface area contributed by atoms with Crippen molar-refractivity contribution in [1.82, 2.24) is 5.32 Å². The highest BCUT2D eigenvalue weighted by atomic mass is 19.3. The minimum atomic E-state index is -4.83. The number of methoxy groups -OCH3 is 1. The van der Waals surface area contributed by atoms with Gasteiger partial charge in [0.05, 0.1) is 13.5 Å². The molecule has 11 heteroatoms. The number of benzene rings is 2. The van der Waals surface area contributed by atoms with Crippen LogP contribution in [0.4, 0.5) is 17.6 Å². The van der Waals surface area contributed by atoms with E-state index >= 15 is 0 Å². The van der Waals surface area contributed by atoms with Crippen LogP contribution in [0.25, 0.3) is 0 Å². The number of nitrogens with one attached hydrogen (secondary N) is 1. The van der Waals surface area contributed by atoms with Gasteiger partial charge in [0.1, 0.15) is 11.9 Å². The number of unbranched alkanes of at least 4 members (excludes halogenated alkanes) is 3. The van der Waals surface area contributed by atoms with E-state index in [1.54, 1.807) is 24.3 Å². The molecular formula is C26H29F4NO6. The van der Waals surface area contributed by atoms with Gasteiger partial charge in [-0.2, -0.15) is 17.6 Å². The molecule has 2 aromatic carbocycles. The number of hydrogen-bond donors (Lipinski definition) is 1. The molecule has 1 heterocycles. The number of carbonyl (C=O) groups is 2. The molecule has 1 aliphatic rings. The number of rotatable bonds is 12. The first kappa shape index (κ1) is 28.1. The summed E-state index contributed by atoms with van der Waals surface area (Å²) in [6.07, 6.45) is -5.64. The normalized spacial score (nSPS) is 15.9. The number of halogens is 4. The van der Waals surface area contributed by atoms with Gasteiger partial charge in [-0.05, 0) is 42.7 Å². The van der Waals surface area contributed by atoms with Crippen molar-refractivity contribution in [2.24, 2.45) is 0 Å². The first-order chi connectivity index (χ1) is 17.6. The SMILES string of the molecule is CCCCCCC(Oc1ccc2c(c1)OC(F)(F)C(F)(F)O2)c1ccc(C(=O)NCCC(=O)OC)cc1. The zero-order valence-electron chi connectivity index (χ0n) is 20.5. The summed E-state index contributed by atoms with van der Waals surface area (Å²) >= 11 is 0. The van der Waals surface area contributed by atoms with Crippen molar-refractivity contribution in [3.8, 4) is 17.2 Å². The van der Waals surface area contributed by atoms with Crippen LogP contribution in [0.2, 0.25) is 0 Å². The smallest absolute Gasteiger partial charge is 0.486 e. The van der Waals surface area contributed by atoms with E-state index in [2.05, 4.69) is 26.5 Å². The third-order valence-electron chi connectivity index (χ3n) is 5.72. The monoisotopic (exact) mass is 527 g/mol. The summed E-state index contributed by atoms with van der Waals surface area (Å²) in [5.74, 6) is -1.74. The molecule has 1 amide bonds. The van der Waals surface area contributed by atoms with Crippen LogP contribution in [0.5, 0.6) is 17.2 Å². The zero-order valence-corrected chi connectivity index (χ0v) is 20.5. The first-order valence-electron chi connectivity index (χ1n) is 12.0. The standard InChI is InChI=1S/C26H29F4NO6/c1-3-4-5-6-7-20(17-8-10-18(11-9-17)24(33)31-15-14-23(32)34-2)35-19-12-13-21-22(16-19)37-26(29,30)25(27,28)36-21/h8-13,16,20H,3-7,14-15H2,1-2H3,(H,31,33). The van der Waals surface area contributed by atoms with E-state index in [9.17, 15) is 27.2 Å². The molecule has 202 valence electrons. The molecule has 7 nitrogen and oxygen atoms in total. The third-order valence-corrected chi connectivity index (χ3v) is 5.72. The van der Waals surface area contributed by atoms with Gasteiger partial charge >= 0.3 is 18.2 Å². The second-order valence-electron chi connectivity index (χ2n) is 8.51. The van der Waals surface area contributed by atoms with Crippen LogP contribution in [0.3, 0.4) is 0 Å². The minimum Gasteiger partial charge on any atom is -0.486 e. The molecule has 0 bridgehead atoms. The molecule has 37 heavy (non-hydrogen) atoms. The van der Waals surface area contributed by atoms with Gasteiger partial charge in [0.25, 0.3) is 5.91 Å². The number of amides is 1. The lowest BCUT2D eigenvalue weighted by Gasteiger charge is -2.32. The van der Waals surface area contributed by atoms with Crippen molar-refractivity contribution in [1.29, 1.82) is 0 Å². The molecule has 0 spiro atoms. The lowest BCUT2D eigenvalue weighted by atomic mass is 10.0. The number of ether oxygens (including phenoxy) is 4. The minimum absolute atomic E-state index is 0.0487. The molecule has 0 saturated carbocycles. The maximum Gasteiger partial charge on any atom is 0.507 e. The summed E-state index contributed by atoms with van der Waals surface area (Å²) in [5, 5.41) is 2.63. The molecule has 0 radical (unpaired) electrons. The number of esters is 1. The van der Waals surface area contributed by atoms with Crippen molar-refractivity contribution < 1.29 is 46.1 Å². The summed E-state index contributed by atoms with van der Waals surface area (Å²) in [5.41, 5.74) is 1.11. The van der Waals surface area contributed by atoms with E-state index in [-0.39, 0.29) is 24.6 Å². The van der Waals surface area contributed by atoms with Crippen molar-refractivity contribution in [3.05, 3.63) is 53.6 Å². The molecule has 0 aromatic heterocycles. The van der Waals surface area contributed by atoms with Crippen molar-refractivity contribution in [3.63, 3.8) is 0 Å². The van der Waals surface area contributed by atoms with Gasteiger partial charge in [-0.15, -0.1) is 0 Å². The van der Waals surface area contributed by atoms with Crippen LogP contribution in [-0.2, 0) is 9.53 Å². The van der Waals surface area contributed by atoms with Gasteiger partial charge < -0.3 is 24.3 Å². The van der Waals surface area contributed by atoms with Gasteiger partial charge in [0.2, 0.25) is 0 Å². The molecule has 1 atom stereocenters. The largest absolute Gasteiger partial charge is 0.507 e. The van der Waals surface area contributed by atoms with E-state index < -0.39 is 35.8 Å². The van der Waals surface area contributed by atoms with Gasteiger partial charge in [0, 0.05) is 18.2 Å². The molecule has 1 aliphatic heterocycles. The quantitative estimate of drug-likeness (QED) is 0.206. The first-order valence-corrected chi connectivity index (χ1v) is 12.0. The third kappa shape index (κ3) is 7.27. The molecule has 3 rings (SSSR count). The summed E-state index contributed by atoms with van der Waals surface area (Å²) in [4.78, 5) is 23.5. The van der Waals surface area contributed by atoms with Crippen LogP contribution in [-0.4, -0.2) is 37.7 Å². The molecule has 0 aliphatic carbocycles. The second-order valence-corrected chi connectivity index (χ2v) is 8.51. The Morgan fingerprint density at radius 3 is 2.27 bits per heavy atom. The van der Waals surface area contributed by atoms with Gasteiger partial charge in [-0.25, -0.2) is 0 Å². The van der Waals surface area contributed by atoms with E-state index in [0.717, 1.165) is 43.4 Å². The summed E-state index contributed by atoms with van der Waals surface area (Å²) < 4.78 is 73.0. The summed E-state index contributed by atoms with van der Waals surface area (Å²) in [6.45, 7) is 2.21. The fourth-order valence-electron chi connectivity index (χ4n) is 3.67. The van der Waals surface area contributed by atoms with Crippen LogP contribution in [0.15, 0.2) is 42.5 Å². The predicted molar refractivity (Wildman–Crippen MR) is 125 cm³/mol. The predicted octanol–water partition coefficient (Wildman–Crippen LogP) is 6.03. The van der Waals surface area contributed by atoms with Crippen molar-refractivity contribution >= 4 is 11.9 Å². The Balaban J connectivity index is 1.73. The molecule has 2 aromatic rings. The van der Waals surface area contributed by atoms with Crippen LogP contribution in [0, 0.1) is 0 Å². The maximum atomic E-state index is 13.6. The topological polar surface area (TPSA) is 83.1 Å². The fourth-order valence-corrected chi connectivity index (χ4v) is 3.67. The van der Waals surface area contributed by atoms with E-state index in [1.165, 1.54) is 13.2 Å². The highest BCUT2D eigenvalue weighted by Crippen LogP contribution is 2.48.